The molecule has 1 unspecified atom stereocenters. The number of sulfonamides is 1. The Bertz CT molecular complexity index is 799. The Hall–Kier alpha value is -2.18. The summed E-state index contributed by atoms with van der Waals surface area (Å²) in [5.41, 5.74) is 2.44. The van der Waals surface area contributed by atoms with Crippen molar-refractivity contribution in [2.45, 2.75) is 24.8 Å². The van der Waals surface area contributed by atoms with E-state index in [-0.39, 0.29) is 16.8 Å². The summed E-state index contributed by atoms with van der Waals surface area (Å²) >= 11 is 0. The molecule has 122 valence electrons. The number of aryl methyl sites for hydroxylation is 1. The molecule has 0 heterocycles. The van der Waals surface area contributed by atoms with Gasteiger partial charge in [-0.15, -0.1) is 0 Å². The van der Waals surface area contributed by atoms with E-state index in [2.05, 4.69) is 10.0 Å². The molecule has 2 aromatic carbocycles. The molecule has 0 aromatic heterocycles. The van der Waals surface area contributed by atoms with Crippen LogP contribution in [0.4, 0.5) is 0 Å². The molecular weight excluding hydrogens is 312 g/mol. The number of hydrogen-bond donors (Lipinski definition) is 2. The van der Waals surface area contributed by atoms with Gasteiger partial charge in [-0.1, -0.05) is 35.9 Å². The average Bonchev–Trinajstić information content (AvgIpc) is 2.55. The highest BCUT2D eigenvalue weighted by molar-refractivity contribution is 7.89. The maximum atomic E-state index is 12.3. The Morgan fingerprint density at radius 1 is 1.09 bits per heavy atom. The average molecular weight is 332 g/mol. The molecule has 5 nitrogen and oxygen atoms in total. The van der Waals surface area contributed by atoms with Crippen molar-refractivity contribution in [1.82, 2.24) is 10.0 Å². The van der Waals surface area contributed by atoms with Gasteiger partial charge >= 0.3 is 0 Å². The van der Waals surface area contributed by atoms with Gasteiger partial charge in [0, 0.05) is 5.56 Å². The van der Waals surface area contributed by atoms with E-state index < -0.39 is 10.0 Å². The SMILES string of the molecule is CNS(=O)(=O)c1cccc(C(=O)NC(C)c2ccc(C)cc2)c1. The monoisotopic (exact) mass is 332 g/mol. The van der Waals surface area contributed by atoms with Crippen LogP contribution in [0.5, 0.6) is 0 Å². The summed E-state index contributed by atoms with van der Waals surface area (Å²) in [5.74, 6) is -0.314. The highest BCUT2D eigenvalue weighted by Crippen LogP contribution is 2.15. The second-order valence-corrected chi connectivity index (χ2v) is 7.23. The zero-order chi connectivity index (χ0) is 17.0. The summed E-state index contributed by atoms with van der Waals surface area (Å²) in [6.07, 6.45) is 0. The summed E-state index contributed by atoms with van der Waals surface area (Å²) in [6, 6.07) is 13.7. The van der Waals surface area contributed by atoms with E-state index in [1.807, 2.05) is 38.1 Å². The zero-order valence-corrected chi connectivity index (χ0v) is 14.1. The minimum Gasteiger partial charge on any atom is -0.346 e. The molecule has 2 N–H and O–H groups in total. The molecule has 6 heteroatoms. The highest BCUT2D eigenvalue weighted by atomic mass is 32.2. The Morgan fingerprint density at radius 2 is 1.74 bits per heavy atom. The number of amides is 1. The van der Waals surface area contributed by atoms with Gasteiger partial charge in [0.15, 0.2) is 0 Å². The van der Waals surface area contributed by atoms with Crippen molar-refractivity contribution >= 4 is 15.9 Å². The van der Waals surface area contributed by atoms with Crippen molar-refractivity contribution < 1.29 is 13.2 Å². The fourth-order valence-electron chi connectivity index (χ4n) is 2.14. The van der Waals surface area contributed by atoms with Crippen molar-refractivity contribution in [1.29, 1.82) is 0 Å². The Balaban J connectivity index is 2.18. The van der Waals surface area contributed by atoms with Crippen LogP contribution < -0.4 is 10.0 Å². The number of benzene rings is 2. The van der Waals surface area contributed by atoms with E-state index in [9.17, 15) is 13.2 Å². The maximum Gasteiger partial charge on any atom is 0.251 e. The Labute approximate surface area is 136 Å². The molecule has 0 aliphatic rings. The van der Waals surface area contributed by atoms with Crippen LogP contribution in [0.15, 0.2) is 53.4 Å². The lowest BCUT2D eigenvalue weighted by atomic mass is 10.1. The van der Waals surface area contributed by atoms with Crippen molar-refractivity contribution in [3.05, 3.63) is 65.2 Å². The minimum atomic E-state index is -3.57. The number of nitrogens with one attached hydrogen (secondary N) is 2. The third kappa shape index (κ3) is 4.18. The predicted molar refractivity (Wildman–Crippen MR) is 89.7 cm³/mol. The van der Waals surface area contributed by atoms with Gasteiger partial charge in [-0.2, -0.15) is 0 Å². The smallest absolute Gasteiger partial charge is 0.251 e. The van der Waals surface area contributed by atoms with Crippen molar-refractivity contribution in [2.75, 3.05) is 7.05 Å². The van der Waals surface area contributed by atoms with Crippen LogP contribution in [-0.2, 0) is 10.0 Å². The van der Waals surface area contributed by atoms with Crippen LogP contribution in [0, 0.1) is 6.92 Å². The molecular formula is C17H20N2O3S. The molecule has 0 aliphatic carbocycles. The molecule has 0 spiro atoms. The van der Waals surface area contributed by atoms with Gasteiger partial charge in [-0.05, 0) is 44.7 Å². The molecule has 0 fully saturated rings. The minimum absolute atomic E-state index is 0.0654. The van der Waals surface area contributed by atoms with Gasteiger partial charge in [0.05, 0.1) is 10.9 Å². The van der Waals surface area contributed by atoms with Crippen LogP contribution in [-0.4, -0.2) is 21.4 Å². The van der Waals surface area contributed by atoms with E-state index in [1.165, 1.54) is 19.2 Å². The molecule has 1 amide bonds. The first-order chi connectivity index (χ1) is 10.8. The molecule has 0 bridgehead atoms. The molecule has 2 aromatic rings. The van der Waals surface area contributed by atoms with Gasteiger partial charge in [0.1, 0.15) is 0 Å². The molecule has 0 saturated heterocycles. The zero-order valence-electron chi connectivity index (χ0n) is 13.3. The summed E-state index contributed by atoms with van der Waals surface area (Å²) in [4.78, 5) is 12.4. The van der Waals surface area contributed by atoms with E-state index in [1.54, 1.807) is 12.1 Å². The predicted octanol–water partition coefficient (Wildman–Crippen LogP) is 2.39. The first kappa shape index (κ1) is 17.2. The van der Waals surface area contributed by atoms with Gasteiger partial charge in [-0.25, -0.2) is 13.1 Å². The number of carbonyl (C=O) groups excluding carboxylic acids is 1. The maximum absolute atomic E-state index is 12.3. The largest absolute Gasteiger partial charge is 0.346 e. The quantitative estimate of drug-likeness (QED) is 0.883. The summed E-state index contributed by atoms with van der Waals surface area (Å²) in [7, 11) is -2.23. The van der Waals surface area contributed by atoms with E-state index in [0.29, 0.717) is 5.56 Å². The van der Waals surface area contributed by atoms with Gasteiger partial charge in [0.2, 0.25) is 10.0 Å². The van der Waals surface area contributed by atoms with Gasteiger partial charge in [0.25, 0.3) is 5.91 Å². The Kier molecular flexibility index (Phi) is 5.18. The molecule has 2 rings (SSSR count). The first-order valence-electron chi connectivity index (χ1n) is 7.24. The fourth-order valence-corrected chi connectivity index (χ4v) is 2.92. The van der Waals surface area contributed by atoms with E-state index in [0.717, 1.165) is 11.1 Å². The second kappa shape index (κ2) is 6.93. The number of rotatable bonds is 5. The first-order valence-corrected chi connectivity index (χ1v) is 8.73. The number of carbonyl (C=O) groups is 1. The molecule has 23 heavy (non-hydrogen) atoms. The van der Waals surface area contributed by atoms with Crippen molar-refractivity contribution in [2.24, 2.45) is 0 Å². The lowest BCUT2D eigenvalue weighted by Crippen LogP contribution is -2.27. The van der Waals surface area contributed by atoms with Crippen LogP contribution in [0.1, 0.15) is 34.5 Å². The van der Waals surface area contributed by atoms with Crippen molar-refractivity contribution in [3.8, 4) is 0 Å². The fraction of sp³-hybridized carbons (Fsp3) is 0.235. The van der Waals surface area contributed by atoms with E-state index >= 15 is 0 Å². The van der Waals surface area contributed by atoms with Crippen LogP contribution in [0.3, 0.4) is 0 Å². The normalized spacial score (nSPS) is 12.7. The third-order valence-corrected chi connectivity index (χ3v) is 5.01. The topological polar surface area (TPSA) is 75.3 Å². The van der Waals surface area contributed by atoms with Crippen LogP contribution >= 0.6 is 0 Å². The van der Waals surface area contributed by atoms with Gasteiger partial charge in [-0.3, -0.25) is 4.79 Å². The van der Waals surface area contributed by atoms with Crippen LogP contribution in [0.25, 0.3) is 0 Å². The summed E-state index contributed by atoms with van der Waals surface area (Å²) < 4.78 is 25.9. The Morgan fingerprint density at radius 3 is 2.35 bits per heavy atom. The third-order valence-electron chi connectivity index (χ3n) is 3.60. The summed E-state index contributed by atoms with van der Waals surface area (Å²) in [6.45, 7) is 3.89. The molecule has 0 radical (unpaired) electrons. The lowest BCUT2D eigenvalue weighted by Gasteiger charge is -2.15. The van der Waals surface area contributed by atoms with Crippen LogP contribution in [0.2, 0.25) is 0 Å². The molecule has 0 saturated carbocycles. The molecule has 1 atom stereocenters. The van der Waals surface area contributed by atoms with Crippen molar-refractivity contribution in [3.63, 3.8) is 0 Å². The van der Waals surface area contributed by atoms with E-state index in [4.69, 9.17) is 0 Å². The molecule has 0 aliphatic heterocycles. The second-order valence-electron chi connectivity index (χ2n) is 5.34. The lowest BCUT2D eigenvalue weighted by molar-refractivity contribution is 0.0939. The number of hydrogen-bond acceptors (Lipinski definition) is 3. The standard InChI is InChI=1S/C17H20N2O3S/c1-12-7-9-14(10-8-12)13(2)19-17(20)15-5-4-6-16(11-15)23(21,22)18-3/h4-11,13,18H,1-3H3,(H,19,20). The summed E-state index contributed by atoms with van der Waals surface area (Å²) in [5, 5.41) is 2.87. The highest BCUT2D eigenvalue weighted by Gasteiger charge is 2.16. The van der Waals surface area contributed by atoms with Gasteiger partial charge < -0.3 is 5.32 Å².